The third-order valence-electron chi connectivity index (χ3n) is 2.65. The first-order valence-corrected chi connectivity index (χ1v) is 7.15. The van der Waals surface area contributed by atoms with Crippen LogP contribution in [0.2, 0.25) is 0 Å². The molecule has 90 valence electrons. The summed E-state index contributed by atoms with van der Waals surface area (Å²) in [5, 5.41) is 3.33. The van der Waals surface area contributed by atoms with Gasteiger partial charge in [-0.15, -0.1) is 11.3 Å². The van der Waals surface area contributed by atoms with E-state index in [4.69, 9.17) is 0 Å². The van der Waals surface area contributed by atoms with Gasteiger partial charge in [-0.05, 0) is 54.2 Å². The first-order valence-electron chi connectivity index (χ1n) is 5.54. The molecule has 2 aromatic rings. The van der Waals surface area contributed by atoms with E-state index in [2.05, 4.69) is 50.5 Å². The Morgan fingerprint density at radius 1 is 1.35 bits per heavy atom. The second kappa shape index (κ2) is 5.76. The summed E-state index contributed by atoms with van der Waals surface area (Å²) >= 11 is 5.27. The minimum atomic E-state index is 0.278. The summed E-state index contributed by atoms with van der Waals surface area (Å²) in [6.45, 7) is 2.03. The molecule has 2 aromatic heterocycles. The van der Waals surface area contributed by atoms with Crippen LogP contribution in [-0.2, 0) is 6.42 Å². The normalized spacial score (nSPS) is 12.6. The summed E-state index contributed by atoms with van der Waals surface area (Å²) in [5.74, 6) is 0. The van der Waals surface area contributed by atoms with Crippen LogP contribution in [0.1, 0.15) is 22.3 Å². The zero-order valence-corrected chi connectivity index (χ0v) is 12.3. The molecule has 2 heterocycles. The minimum absolute atomic E-state index is 0.278. The Kier molecular flexibility index (Phi) is 4.31. The molecule has 1 atom stereocenters. The van der Waals surface area contributed by atoms with Gasteiger partial charge in [0, 0.05) is 17.0 Å². The highest BCUT2D eigenvalue weighted by atomic mass is 79.9. The fourth-order valence-electron chi connectivity index (χ4n) is 1.78. The van der Waals surface area contributed by atoms with Crippen LogP contribution in [0.4, 0.5) is 0 Å². The molecule has 0 aliphatic heterocycles. The van der Waals surface area contributed by atoms with Crippen molar-refractivity contribution in [3.8, 4) is 0 Å². The molecule has 0 amide bonds. The first kappa shape index (κ1) is 12.7. The Balaban J connectivity index is 2.16. The molecule has 0 bridgehead atoms. The van der Waals surface area contributed by atoms with Crippen LogP contribution in [0, 0.1) is 6.92 Å². The van der Waals surface area contributed by atoms with Crippen LogP contribution in [0.15, 0.2) is 34.1 Å². The SMILES string of the molecule is CNC(Cc1ccc(Br)s1)c1cccc(C)n1. The van der Waals surface area contributed by atoms with Gasteiger partial charge in [0.2, 0.25) is 0 Å². The van der Waals surface area contributed by atoms with Crippen molar-refractivity contribution in [1.29, 1.82) is 0 Å². The predicted octanol–water partition coefficient (Wildman–Crippen LogP) is 3.72. The number of nitrogens with one attached hydrogen (secondary N) is 1. The number of aromatic nitrogens is 1. The fraction of sp³-hybridized carbons (Fsp3) is 0.308. The second-order valence-corrected chi connectivity index (χ2v) is 6.50. The van der Waals surface area contributed by atoms with Gasteiger partial charge in [-0.3, -0.25) is 4.98 Å². The minimum Gasteiger partial charge on any atom is -0.311 e. The van der Waals surface area contributed by atoms with Crippen molar-refractivity contribution in [3.05, 3.63) is 50.4 Å². The van der Waals surface area contributed by atoms with E-state index in [1.54, 1.807) is 11.3 Å². The standard InChI is InChI=1S/C13H15BrN2S/c1-9-4-3-5-11(16-9)12(15-2)8-10-6-7-13(14)17-10/h3-7,12,15H,8H2,1-2H3. The number of pyridine rings is 1. The third kappa shape index (κ3) is 3.37. The van der Waals surface area contributed by atoms with E-state index in [9.17, 15) is 0 Å². The molecule has 0 saturated carbocycles. The van der Waals surface area contributed by atoms with Gasteiger partial charge < -0.3 is 5.32 Å². The van der Waals surface area contributed by atoms with Crippen molar-refractivity contribution in [1.82, 2.24) is 10.3 Å². The quantitative estimate of drug-likeness (QED) is 0.931. The second-order valence-electron chi connectivity index (χ2n) is 3.96. The van der Waals surface area contributed by atoms with Crippen molar-refractivity contribution in [2.24, 2.45) is 0 Å². The maximum absolute atomic E-state index is 4.58. The van der Waals surface area contributed by atoms with Gasteiger partial charge in [0.1, 0.15) is 0 Å². The summed E-state index contributed by atoms with van der Waals surface area (Å²) in [4.78, 5) is 5.94. The lowest BCUT2D eigenvalue weighted by molar-refractivity contribution is 0.579. The molecular weight excluding hydrogens is 296 g/mol. The van der Waals surface area contributed by atoms with Crippen molar-refractivity contribution in [2.75, 3.05) is 7.05 Å². The van der Waals surface area contributed by atoms with E-state index in [1.165, 1.54) is 8.66 Å². The van der Waals surface area contributed by atoms with E-state index < -0.39 is 0 Å². The molecule has 0 aliphatic rings. The topological polar surface area (TPSA) is 24.9 Å². The van der Waals surface area contributed by atoms with Crippen molar-refractivity contribution >= 4 is 27.3 Å². The van der Waals surface area contributed by atoms with Crippen LogP contribution >= 0.6 is 27.3 Å². The average Bonchev–Trinajstić information content (AvgIpc) is 2.72. The Labute approximate surface area is 114 Å². The van der Waals surface area contributed by atoms with Crippen LogP contribution in [-0.4, -0.2) is 12.0 Å². The van der Waals surface area contributed by atoms with Crippen molar-refractivity contribution < 1.29 is 0 Å². The molecule has 1 N–H and O–H groups in total. The van der Waals surface area contributed by atoms with Crippen molar-refractivity contribution in [2.45, 2.75) is 19.4 Å². The number of aryl methyl sites for hydroxylation is 1. The number of thiophene rings is 1. The number of rotatable bonds is 4. The monoisotopic (exact) mass is 310 g/mol. The zero-order valence-electron chi connectivity index (χ0n) is 9.90. The maximum atomic E-state index is 4.58. The lowest BCUT2D eigenvalue weighted by atomic mass is 10.1. The summed E-state index contributed by atoms with van der Waals surface area (Å²) in [6, 6.07) is 10.7. The fourth-order valence-corrected chi connectivity index (χ4v) is 3.30. The number of halogens is 1. The Morgan fingerprint density at radius 2 is 2.18 bits per heavy atom. The van der Waals surface area contributed by atoms with Gasteiger partial charge >= 0.3 is 0 Å². The van der Waals surface area contributed by atoms with E-state index in [0.717, 1.165) is 17.8 Å². The smallest absolute Gasteiger partial charge is 0.0701 e. The molecule has 0 fully saturated rings. The molecule has 1 unspecified atom stereocenters. The number of hydrogen-bond donors (Lipinski definition) is 1. The molecule has 2 nitrogen and oxygen atoms in total. The van der Waals surface area contributed by atoms with Gasteiger partial charge in [-0.2, -0.15) is 0 Å². The van der Waals surface area contributed by atoms with Gasteiger partial charge in [-0.1, -0.05) is 6.07 Å². The molecule has 0 aliphatic carbocycles. The summed E-state index contributed by atoms with van der Waals surface area (Å²) in [5.41, 5.74) is 2.17. The molecule has 0 aromatic carbocycles. The lowest BCUT2D eigenvalue weighted by Gasteiger charge is -2.15. The van der Waals surface area contributed by atoms with Crippen LogP contribution in [0.5, 0.6) is 0 Å². The molecule has 2 rings (SSSR count). The van der Waals surface area contributed by atoms with E-state index in [-0.39, 0.29) is 6.04 Å². The highest BCUT2D eigenvalue weighted by Gasteiger charge is 2.12. The molecule has 0 spiro atoms. The third-order valence-corrected chi connectivity index (χ3v) is 4.30. The lowest BCUT2D eigenvalue weighted by Crippen LogP contribution is -2.19. The zero-order chi connectivity index (χ0) is 12.3. The molecular formula is C13H15BrN2S. The van der Waals surface area contributed by atoms with Crippen LogP contribution in [0.3, 0.4) is 0 Å². The largest absolute Gasteiger partial charge is 0.311 e. The van der Waals surface area contributed by atoms with Gasteiger partial charge in [-0.25, -0.2) is 0 Å². The molecule has 0 radical (unpaired) electrons. The van der Waals surface area contributed by atoms with Gasteiger partial charge in [0.15, 0.2) is 0 Å². The number of hydrogen-bond acceptors (Lipinski definition) is 3. The predicted molar refractivity (Wildman–Crippen MR) is 76.5 cm³/mol. The summed E-state index contributed by atoms with van der Waals surface area (Å²) in [7, 11) is 1.98. The first-order chi connectivity index (χ1) is 8.19. The summed E-state index contributed by atoms with van der Waals surface area (Å²) < 4.78 is 1.18. The average molecular weight is 311 g/mol. The van der Waals surface area contributed by atoms with Gasteiger partial charge in [0.25, 0.3) is 0 Å². The van der Waals surface area contributed by atoms with Crippen LogP contribution in [0.25, 0.3) is 0 Å². The van der Waals surface area contributed by atoms with E-state index in [1.807, 2.05) is 20.0 Å². The highest BCUT2D eigenvalue weighted by Crippen LogP contribution is 2.26. The molecule has 17 heavy (non-hydrogen) atoms. The van der Waals surface area contributed by atoms with Gasteiger partial charge in [0.05, 0.1) is 15.5 Å². The van der Waals surface area contributed by atoms with E-state index >= 15 is 0 Å². The molecule has 0 saturated heterocycles. The summed E-state index contributed by atoms with van der Waals surface area (Å²) in [6.07, 6.45) is 0.975. The maximum Gasteiger partial charge on any atom is 0.0701 e. The highest BCUT2D eigenvalue weighted by molar-refractivity contribution is 9.11. The van der Waals surface area contributed by atoms with Crippen LogP contribution < -0.4 is 5.32 Å². The Bertz CT molecular complexity index is 496. The Morgan fingerprint density at radius 3 is 2.76 bits per heavy atom. The van der Waals surface area contributed by atoms with E-state index in [0.29, 0.717) is 0 Å². The number of likely N-dealkylation sites (N-methyl/N-ethyl adjacent to an activating group) is 1. The van der Waals surface area contributed by atoms with Crippen molar-refractivity contribution in [3.63, 3.8) is 0 Å². The Hall–Kier alpha value is -0.710. The molecule has 4 heteroatoms. The number of nitrogens with zero attached hydrogens (tertiary/aromatic N) is 1.